The highest BCUT2D eigenvalue weighted by atomic mass is 16.3. The SMILES string of the molecule is OCC1(NC2CCCCC2)CN2CCC1CC2. The fourth-order valence-electron chi connectivity index (χ4n) is 4.21. The van der Waals surface area contributed by atoms with E-state index in [2.05, 4.69) is 10.2 Å². The summed E-state index contributed by atoms with van der Waals surface area (Å²) in [5, 5.41) is 13.8. The van der Waals surface area contributed by atoms with Crippen LogP contribution in [0.1, 0.15) is 44.9 Å². The van der Waals surface area contributed by atoms with Crippen LogP contribution in [0.4, 0.5) is 0 Å². The van der Waals surface area contributed by atoms with E-state index in [0.717, 1.165) is 6.54 Å². The first-order valence-electron chi connectivity index (χ1n) is 7.43. The Labute approximate surface area is 105 Å². The molecule has 2 bridgehead atoms. The van der Waals surface area contributed by atoms with Crippen molar-refractivity contribution >= 4 is 0 Å². The van der Waals surface area contributed by atoms with Crippen molar-refractivity contribution in [2.75, 3.05) is 26.2 Å². The van der Waals surface area contributed by atoms with Crippen LogP contribution in [0.3, 0.4) is 0 Å². The normalized spacial score (nSPS) is 42.9. The molecule has 0 aromatic carbocycles. The summed E-state index contributed by atoms with van der Waals surface area (Å²) >= 11 is 0. The monoisotopic (exact) mass is 238 g/mol. The molecule has 0 aromatic heterocycles. The van der Waals surface area contributed by atoms with Gasteiger partial charge in [0.25, 0.3) is 0 Å². The average Bonchev–Trinajstić information content (AvgIpc) is 2.41. The van der Waals surface area contributed by atoms with Crippen LogP contribution in [-0.4, -0.2) is 47.8 Å². The first-order chi connectivity index (χ1) is 8.32. The topological polar surface area (TPSA) is 35.5 Å². The van der Waals surface area contributed by atoms with Crippen LogP contribution in [-0.2, 0) is 0 Å². The van der Waals surface area contributed by atoms with Crippen molar-refractivity contribution in [1.29, 1.82) is 0 Å². The van der Waals surface area contributed by atoms with Crippen molar-refractivity contribution < 1.29 is 5.11 Å². The smallest absolute Gasteiger partial charge is 0.0628 e. The number of hydrogen-bond donors (Lipinski definition) is 2. The lowest BCUT2D eigenvalue weighted by molar-refractivity contribution is -0.0335. The van der Waals surface area contributed by atoms with Crippen LogP contribution >= 0.6 is 0 Å². The van der Waals surface area contributed by atoms with Gasteiger partial charge in [-0.2, -0.15) is 0 Å². The van der Waals surface area contributed by atoms with Crippen molar-refractivity contribution in [2.45, 2.75) is 56.5 Å². The van der Waals surface area contributed by atoms with Crippen LogP contribution in [0.5, 0.6) is 0 Å². The molecule has 3 saturated heterocycles. The maximum Gasteiger partial charge on any atom is 0.0628 e. The fraction of sp³-hybridized carbons (Fsp3) is 1.00. The fourth-order valence-corrected chi connectivity index (χ4v) is 4.21. The molecule has 1 aliphatic carbocycles. The minimum atomic E-state index is 0.0263. The molecule has 4 aliphatic rings. The van der Waals surface area contributed by atoms with E-state index in [1.807, 2.05) is 0 Å². The molecule has 3 heteroatoms. The standard InChI is InChI=1S/C14H26N2O/c17-11-14(15-13-4-2-1-3-5-13)10-16-8-6-12(14)7-9-16/h12-13,15,17H,1-11H2. The zero-order chi connectivity index (χ0) is 11.7. The molecule has 0 spiro atoms. The summed E-state index contributed by atoms with van der Waals surface area (Å²) in [6.45, 7) is 3.90. The van der Waals surface area contributed by atoms with Gasteiger partial charge in [0.2, 0.25) is 0 Å². The Hall–Kier alpha value is -0.120. The number of fused-ring (bicyclic) bond motifs is 3. The van der Waals surface area contributed by atoms with E-state index >= 15 is 0 Å². The van der Waals surface area contributed by atoms with E-state index in [0.29, 0.717) is 18.6 Å². The predicted octanol–water partition coefficient (Wildman–Crippen LogP) is 1.37. The van der Waals surface area contributed by atoms with Crippen molar-refractivity contribution in [3.63, 3.8) is 0 Å². The number of nitrogens with zero attached hydrogens (tertiary/aromatic N) is 1. The molecular weight excluding hydrogens is 212 g/mol. The Balaban J connectivity index is 1.68. The molecule has 17 heavy (non-hydrogen) atoms. The minimum absolute atomic E-state index is 0.0263. The van der Waals surface area contributed by atoms with Gasteiger partial charge in [0.15, 0.2) is 0 Å². The molecule has 1 unspecified atom stereocenters. The third kappa shape index (κ3) is 2.25. The maximum atomic E-state index is 9.91. The summed E-state index contributed by atoms with van der Waals surface area (Å²) < 4.78 is 0. The molecule has 1 atom stereocenters. The summed E-state index contributed by atoms with van der Waals surface area (Å²) in [6, 6.07) is 0.663. The number of aliphatic hydroxyl groups excluding tert-OH is 1. The maximum absolute atomic E-state index is 9.91. The van der Waals surface area contributed by atoms with Crippen LogP contribution in [0.25, 0.3) is 0 Å². The second-order valence-corrected chi connectivity index (χ2v) is 6.34. The number of hydrogen-bond acceptors (Lipinski definition) is 3. The van der Waals surface area contributed by atoms with E-state index in [-0.39, 0.29) is 5.54 Å². The van der Waals surface area contributed by atoms with Crippen LogP contribution in [0, 0.1) is 5.92 Å². The molecule has 0 radical (unpaired) electrons. The predicted molar refractivity (Wildman–Crippen MR) is 69.0 cm³/mol. The highest BCUT2D eigenvalue weighted by Gasteiger charge is 2.47. The molecule has 0 amide bonds. The van der Waals surface area contributed by atoms with Gasteiger partial charge < -0.3 is 15.3 Å². The number of rotatable bonds is 3. The summed E-state index contributed by atoms with van der Waals surface area (Å²) in [5.74, 6) is 0.708. The summed E-state index contributed by atoms with van der Waals surface area (Å²) in [5.41, 5.74) is 0.0263. The van der Waals surface area contributed by atoms with Gasteiger partial charge >= 0.3 is 0 Å². The Morgan fingerprint density at radius 1 is 1.06 bits per heavy atom. The number of piperidine rings is 3. The van der Waals surface area contributed by atoms with Crippen molar-refractivity contribution in [1.82, 2.24) is 10.2 Å². The lowest BCUT2D eigenvalue weighted by atomic mass is 9.72. The Kier molecular flexibility index (Phi) is 3.42. The Morgan fingerprint density at radius 3 is 2.29 bits per heavy atom. The second-order valence-electron chi connectivity index (χ2n) is 6.34. The summed E-state index contributed by atoms with van der Waals surface area (Å²) in [6.07, 6.45) is 9.32. The van der Waals surface area contributed by atoms with Crippen molar-refractivity contribution in [3.8, 4) is 0 Å². The van der Waals surface area contributed by atoms with Gasteiger partial charge in [-0.1, -0.05) is 19.3 Å². The van der Waals surface area contributed by atoms with Crippen molar-refractivity contribution in [2.24, 2.45) is 5.92 Å². The average molecular weight is 238 g/mol. The molecule has 4 rings (SSSR count). The second kappa shape index (κ2) is 4.87. The third-order valence-electron chi connectivity index (χ3n) is 5.25. The Bertz CT molecular complexity index is 257. The molecule has 4 fully saturated rings. The first kappa shape index (κ1) is 11.9. The van der Waals surface area contributed by atoms with E-state index in [1.165, 1.54) is 58.0 Å². The van der Waals surface area contributed by atoms with Gasteiger partial charge in [-0.15, -0.1) is 0 Å². The van der Waals surface area contributed by atoms with E-state index < -0.39 is 0 Å². The Morgan fingerprint density at radius 2 is 1.76 bits per heavy atom. The van der Waals surface area contributed by atoms with Crippen LogP contribution in [0.2, 0.25) is 0 Å². The van der Waals surface area contributed by atoms with E-state index in [9.17, 15) is 5.11 Å². The lowest BCUT2D eigenvalue weighted by Crippen LogP contribution is -2.69. The molecular formula is C14H26N2O. The molecule has 3 heterocycles. The zero-order valence-electron chi connectivity index (χ0n) is 10.8. The molecule has 3 aliphatic heterocycles. The van der Waals surface area contributed by atoms with Crippen molar-refractivity contribution in [3.05, 3.63) is 0 Å². The van der Waals surface area contributed by atoms with Gasteiger partial charge in [0, 0.05) is 12.6 Å². The third-order valence-corrected chi connectivity index (χ3v) is 5.25. The molecule has 1 saturated carbocycles. The largest absolute Gasteiger partial charge is 0.394 e. The van der Waals surface area contributed by atoms with E-state index in [1.54, 1.807) is 0 Å². The van der Waals surface area contributed by atoms with Gasteiger partial charge in [0.1, 0.15) is 0 Å². The quantitative estimate of drug-likeness (QED) is 0.779. The van der Waals surface area contributed by atoms with E-state index in [4.69, 9.17) is 0 Å². The minimum Gasteiger partial charge on any atom is -0.394 e. The first-order valence-corrected chi connectivity index (χ1v) is 7.43. The molecule has 98 valence electrons. The number of nitrogens with one attached hydrogen (secondary N) is 1. The summed E-state index contributed by atoms with van der Waals surface area (Å²) in [7, 11) is 0. The molecule has 3 nitrogen and oxygen atoms in total. The summed E-state index contributed by atoms with van der Waals surface area (Å²) in [4.78, 5) is 2.53. The number of aliphatic hydroxyl groups is 1. The lowest BCUT2D eigenvalue weighted by Gasteiger charge is -2.54. The highest BCUT2D eigenvalue weighted by Crippen LogP contribution is 2.36. The van der Waals surface area contributed by atoms with Crippen LogP contribution < -0.4 is 5.32 Å². The zero-order valence-corrected chi connectivity index (χ0v) is 10.8. The molecule has 0 aromatic rings. The van der Waals surface area contributed by atoms with Gasteiger partial charge in [-0.05, 0) is 44.7 Å². The highest BCUT2D eigenvalue weighted by molar-refractivity contribution is 5.05. The van der Waals surface area contributed by atoms with Gasteiger partial charge in [0.05, 0.1) is 12.1 Å². The molecule has 2 N–H and O–H groups in total. The van der Waals surface area contributed by atoms with Gasteiger partial charge in [-0.25, -0.2) is 0 Å². The van der Waals surface area contributed by atoms with Gasteiger partial charge in [-0.3, -0.25) is 0 Å². The van der Waals surface area contributed by atoms with Crippen LogP contribution in [0.15, 0.2) is 0 Å².